The van der Waals surface area contributed by atoms with Crippen LogP contribution in [0.15, 0.2) is 23.8 Å². The SMILES string of the molecule is CC(C=O)=CC=CCC(C)C. The molecule has 1 heteroatoms. The summed E-state index contributed by atoms with van der Waals surface area (Å²) in [5.41, 5.74) is 0.769. The summed E-state index contributed by atoms with van der Waals surface area (Å²) in [6.07, 6.45) is 7.78. The average molecular weight is 152 g/mol. The third-order valence-corrected chi connectivity index (χ3v) is 1.29. The predicted molar refractivity (Wildman–Crippen MR) is 48.4 cm³/mol. The molecular weight excluding hydrogens is 136 g/mol. The van der Waals surface area contributed by atoms with E-state index in [4.69, 9.17) is 0 Å². The van der Waals surface area contributed by atoms with Gasteiger partial charge in [0.1, 0.15) is 6.29 Å². The minimum absolute atomic E-state index is 0.691. The lowest BCUT2D eigenvalue weighted by Crippen LogP contribution is -1.80. The van der Waals surface area contributed by atoms with Gasteiger partial charge in [-0.25, -0.2) is 0 Å². The lowest BCUT2D eigenvalue weighted by Gasteiger charge is -1.94. The molecule has 0 aliphatic carbocycles. The van der Waals surface area contributed by atoms with Crippen molar-refractivity contribution in [3.63, 3.8) is 0 Å². The van der Waals surface area contributed by atoms with Crippen molar-refractivity contribution in [3.05, 3.63) is 23.8 Å². The zero-order chi connectivity index (χ0) is 8.69. The first kappa shape index (κ1) is 10.2. The van der Waals surface area contributed by atoms with E-state index in [1.807, 2.05) is 12.2 Å². The summed E-state index contributed by atoms with van der Waals surface area (Å²) < 4.78 is 0. The molecule has 0 N–H and O–H groups in total. The summed E-state index contributed by atoms with van der Waals surface area (Å²) in [4.78, 5) is 10.1. The first-order valence-electron chi connectivity index (χ1n) is 3.95. The van der Waals surface area contributed by atoms with E-state index >= 15 is 0 Å². The highest BCUT2D eigenvalue weighted by molar-refractivity contribution is 5.72. The zero-order valence-corrected chi connectivity index (χ0v) is 7.50. The molecule has 0 atom stereocenters. The van der Waals surface area contributed by atoms with Crippen LogP contribution in [0.1, 0.15) is 27.2 Å². The van der Waals surface area contributed by atoms with Crippen molar-refractivity contribution in [2.75, 3.05) is 0 Å². The molecule has 0 radical (unpaired) electrons. The summed E-state index contributed by atoms with van der Waals surface area (Å²) in [6, 6.07) is 0. The van der Waals surface area contributed by atoms with Gasteiger partial charge >= 0.3 is 0 Å². The summed E-state index contributed by atoms with van der Waals surface area (Å²) in [5.74, 6) is 0.691. The third kappa shape index (κ3) is 7.04. The molecule has 11 heavy (non-hydrogen) atoms. The van der Waals surface area contributed by atoms with E-state index in [1.54, 1.807) is 6.92 Å². The molecular formula is C10H16O. The Bertz CT molecular complexity index is 164. The highest BCUT2D eigenvalue weighted by Crippen LogP contribution is 2.00. The first-order chi connectivity index (χ1) is 5.16. The fraction of sp³-hybridized carbons (Fsp3) is 0.500. The topological polar surface area (TPSA) is 17.1 Å². The van der Waals surface area contributed by atoms with E-state index < -0.39 is 0 Å². The van der Waals surface area contributed by atoms with Crippen molar-refractivity contribution in [1.29, 1.82) is 0 Å². The van der Waals surface area contributed by atoms with Crippen LogP contribution in [0.3, 0.4) is 0 Å². The molecule has 0 bridgehead atoms. The molecule has 62 valence electrons. The fourth-order valence-corrected chi connectivity index (χ4v) is 0.610. The van der Waals surface area contributed by atoms with Crippen LogP contribution in [-0.2, 0) is 4.79 Å². The Hall–Kier alpha value is -0.850. The fourth-order valence-electron chi connectivity index (χ4n) is 0.610. The molecule has 0 aliphatic heterocycles. The van der Waals surface area contributed by atoms with Gasteiger partial charge in [-0.1, -0.05) is 32.1 Å². The van der Waals surface area contributed by atoms with E-state index in [1.165, 1.54) is 0 Å². The van der Waals surface area contributed by atoms with Crippen LogP contribution < -0.4 is 0 Å². The monoisotopic (exact) mass is 152 g/mol. The van der Waals surface area contributed by atoms with E-state index in [9.17, 15) is 4.79 Å². The minimum Gasteiger partial charge on any atom is -0.298 e. The lowest BCUT2D eigenvalue weighted by atomic mass is 10.1. The average Bonchev–Trinajstić information content (AvgIpc) is 1.97. The first-order valence-corrected chi connectivity index (χ1v) is 3.95. The number of carbonyl (C=O) groups is 1. The lowest BCUT2D eigenvalue weighted by molar-refractivity contribution is -0.104. The second-order valence-electron chi connectivity index (χ2n) is 3.09. The Kier molecular flexibility index (Phi) is 5.44. The zero-order valence-electron chi connectivity index (χ0n) is 7.50. The van der Waals surface area contributed by atoms with E-state index in [-0.39, 0.29) is 0 Å². The number of hydrogen-bond acceptors (Lipinski definition) is 1. The molecule has 1 nitrogen and oxygen atoms in total. The van der Waals surface area contributed by atoms with Crippen LogP contribution in [0.25, 0.3) is 0 Å². The Morgan fingerprint density at radius 2 is 2.09 bits per heavy atom. The van der Waals surface area contributed by atoms with Crippen LogP contribution in [0.2, 0.25) is 0 Å². The van der Waals surface area contributed by atoms with Crippen molar-refractivity contribution in [2.24, 2.45) is 5.92 Å². The Morgan fingerprint density at radius 3 is 2.55 bits per heavy atom. The Balaban J connectivity index is 3.67. The second kappa shape index (κ2) is 5.90. The summed E-state index contributed by atoms with van der Waals surface area (Å²) in [6.45, 7) is 6.13. The number of hydrogen-bond donors (Lipinski definition) is 0. The number of rotatable bonds is 4. The molecule has 0 unspecified atom stereocenters. The van der Waals surface area contributed by atoms with Crippen molar-refractivity contribution >= 4 is 6.29 Å². The highest BCUT2D eigenvalue weighted by Gasteiger charge is 1.85. The largest absolute Gasteiger partial charge is 0.298 e. The van der Waals surface area contributed by atoms with Crippen LogP contribution in [-0.4, -0.2) is 6.29 Å². The molecule has 0 spiro atoms. The van der Waals surface area contributed by atoms with Gasteiger partial charge in [0.25, 0.3) is 0 Å². The summed E-state index contributed by atoms with van der Waals surface area (Å²) >= 11 is 0. The summed E-state index contributed by atoms with van der Waals surface area (Å²) in [7, 11) is 0. The summed E-state index contributed by atoms with van der Waals surface area (Å²) in [5, 5.41) is 0. The number of allylic oxidation sites excluding steroid dienone is 4. The van der Waals surface area contributed by atoms with Gasteiger partial charge in [0, 0.05) is 0 Å². The second-order valence-corrected chi connectivity index (χ2v) is 3.09. The molecule has 0 aliphatic rings. The normalized spacial score (nSPS) is 12.9. The van der Waals surface area contributed by atoms with Crippen molar-refractivity contribution in [3.8, 4) is 0 Å². The molecule has 0 rings (SSSR count). The molecule has 0 aromatic heterocycles. The predicted octanol–water partition coefficient (Wildman–Crippen LogP) is 2.73. The smallest absolute Gasteiger partial charge is 0.145 e. The molecule has 0 saturated heterocycles. The van der Waals surface area contributed by atoms with Gasteiger partial charge in [0.05, 0.1) is 0 Å². The van der Waals surface area contributed by atoms with Gasteiger partial charge in [-0.2, -0.15) is 0 Å². The van der Waals surface area contributed by atoms with E-state index in [2.05, 4.69) is 19.9 Å². The standard InChI is InChI=1S/C10H16O/c1-9(2)6-4-5-7-10(3)8-11/h4-5,7-9H,6H2,1-3H3. The number of aldehydes is 1. The van der Waals surface area contributed by atoms with Gasteiger partial charge in [-0.15, -0.1) is 0 Å². The Labute approximate surface area is 68.8 Å². The maximum Gasteiger partial charge on any atom is 0.145 e. The van der Waals surface area contributed by atoms with Crippen molar-refractivity contribution in [1.82, 2.24) is 0 Å². The van der Waals surface area contributed by atoms with Crippen molar-refractivity contribution in [2.45, 2.75) is 27.2 Å². The van der Waals surface area contributed by atoms with Gasteiger partial charge in [0.2, 0.25) is 0 Å². The van der Waals surface area contributed by atoms with E-state index in [0.29, 0.717) is 5.92 Å². The molecule has 0 aromatic rings. The molecule has 0 amide bonds. The van der Waals surface area contributed by atoms with Gasteiger partial charge in [-0.05, 0) is 24.8 Å². The quantitative estimate of drug-likeness (QED) is 0.344. The molecule has 0 aromatic carbocycles. The van der Waals surface area contributed by atoms with Crippen LogP contribution >= 0.6 is 0 Å². The minimum atomic E-state index is 0.691. The van der Waals surface area contributed by atoms with Crippen LogP contribution in [0, 0.1) is 5.92 Å². The van der Waals surface area contributed by atoms with Gasteiger partial charge < -0.3 is 0 Å². The Morgan fingerprint density at radius 1 is 1.45 bits per heavy atom. The van der Waals surface area contributed by atoms with Crippen molar-refractivity contribution < 1.29 is 4.79 Å². The maximum absolute atomic E-state index is 10.1. The van der Waals surface area contributed by atoms with E-state index in [0.717, 1.165) is 18.3 Å². The van der Waals surface area contributed by atoms with Gasteiger partial charge in [0.15, 0.2) is 0 Å². The van der Waals surface area contributed by atoms with Crippen LogP contribution in [0.4, 0.5) is 0 Å². The molecule has 0 heterocycles. The number of carbonyl (C=O) groups excluding carboxylic acids is 1. The van der Waals surface area contributed by atoms with Crippen LogP contribution in [0.5, 0.6) is 0 Å². The molecule has 0 fully saturated rings. The maximum atomic E-state index is 10.1. The third-order valence-electron chi connectivity index (χ3n) is 1.29. The molecule has 0 saturated carbocycles. The van der Waals surface area contributed by atoms with Gasteiger partial charge in [-0.3, -0.25) is 4.79 Å². The highest BCUT2D eigenvalue weighted by atomic mass is 16.1.